The highest BCUT2D eigenvalue weighted by molar-refractivity contribution is 7.89. The highest BCUT2D eigenvalue weighted by Gasteiger charge is 2.48. The van der Waals surface area contributed by atoms with Crippen LogP contribution in [-0.2, 0) is 32.3 Å². The van der Waals surface area contributed by atoms with Gasteiger partial charge in [0.2, 0.25) is 10.0 Å². The number of fused-ring (bicyclic) bond motifs is 1. The molecule has 0 saturated heterocycles. The largest absolute Gasteiger partial charge is 0.534 e. The Kier molecular flexibility index (Phi) is 7.56. The predicted molar refractivity (Wildman–Crippen MR) is 143 cm³/mol. The Morgan fingerprint density at radius 2 is 1.59 bits per heavy atom. The number of hydrogen-bond donors (Lipinski definition) is 0. The van der Waals surface area contributed by atoms with Crippen LogP contribution in [0.5, 0.6) is 5.75 Å². The number of alkyl halides is 3. The Hall–Kier alpha value is -3.38. The molecule has 0 atom stereocenters. The fourth-order valence-electron chi connectivity index (χ4n) is 4.44. The van der Waals surface area contributed by atoms with E-state index in [0.29, 0.717) is 34.3 Å². The Labute approximate surface area is 225 Å². The average Bonchev–Trinajstić information content (AvgIpc) is 3.21. The third-order valence-corrected chi connectivity index (χ3v) is 8.95. The zero-order valence-corrected chi connectivity index (χ0v) is 23.3. The molecule has 0 radical (unpaired) electrons. The summed E-state index contributed by atoms with van der Waals surface area (Å²) < 4.78 is 93.2. The standard InChI is InChI=1S/C27H27F3N2O5S2/c1-17(2)25-15-32(38(33,34)16-20-8-6-5-7-9-20)26-14-31-21(13-24(25)26)12-23-18(3)10-22(11-19(23)4)37-39(35,36)27(28,29)30/h5-11,13-15,17H,12,16H2,1-4H3. The van der Waals surface area contributed by atoms with E-state index in [1.54, 1.807) is 44.3 Å². The van der Waals surface area contributed by atoms with Gasteiger partial charge in [0, 0.05) is 23.7 Å². The summed E-state index contributed by atoms with van der Waals surface area (Å²) in [5.41, 5.74) is -1.19. The topological polar surface area (TPSA) is 95.3 Å². The monoisotopic (exact) mass is 580 g/mol. The molecule has 208 valence electrons. The lowest BCUT2D eigenvalue weighted by Gasteiger charge is -2.14. The molecule has 2 aromatic carbocycles. The summed E-state index contributed by atoms with van der Waals surface area (Å²) in [6, 6.07) is 13.2. The molecule has 0 bridgehead atoms. The third-order valence-electron chi connectivity index (χ3n) is 6.37. The number of halogens is 3. The number of hydrogen-bond acceptors (Lipinski definition) is 6. The fourth-order valence-corrected chi connectivity index (χ4v) is 6.36. The van der Waals surface area contributed by atoms with E-state index in [9.17, 15) is 30.0 Å². The lowest BCUT2D eigenvalue weighted by molar-refractivity contribution is -0.0500. The van der Waals surface area contributed by atoms with Crippen LogP contribution >= 0.6 is 0 Å². The molecule has 2 heterocycles. The molecule has 0 aliphatic heterocycles. The Morgan fingerprint density at radius 1 is 0.974 bits per heavy atom. The lowest BCUT2D eigenvalue weighted by atomic mass is 9.96. The van der Waals surface area contributed by atoms with Crippen LogP contribution in [0.15, 0.2) is 60.9 Å². The van der Waals surface area contributed by atoms with Crippen molar-refractivity contribution in [3.05, 3.63) is 94.4 Å². The highest BCUT2D eigenvalue weighted by Crippen LogP contribution is 2.32. The summed E-state index contributed by atoms with van der Waals surface area (Å²) in [7, 11) is -9.52. The minimum absolute atomic E-state index is 0.0198. The molecule has 0 N–H and O–H groups in total. The van der Waals surface area contributed by atoms with Gasteiger partial charge in [-0.3, -0.25) is 4.98 Å². The molecule has 0 aliphatic rings. The van der Waals surface area contributed by atoms with Gasteiger partial charge < -0.3 is 4.18 Å². The van der Waals surface area contributed by atoms with Crippen molar-refractivity contribution >= 4 is 31.0 Å². The van der Waals surface area contributed by atoms with E-state index < -0.39 is 31.4 Å². The molecule has 0 unspecified atom stereocenters. The zero-order valence-electron chi connectivity index (χ0n) is 21.7. The van der Waals surface area contributed by atoms with Crippen molar-refractivity contribution in [2.45, 2.75) is 51.3 Å². The molecule has 39 heavy (non-hydrogen) atoms. The van der Waals surface area contributed by atoms with Crippen LogP contribution in [0.3, 0.4) is 0 Å². The van der Waals surface area contributed by atoms with Gasteiger partial charge in [-0.15, -0.1) is 0 Å². The predicted octanol–water partition coefficient (Wildman–Crippen LogP) is 5.97. The zero-order chi connectivity index (χ0) is 28.8. The van der Waals surface area contributed by atoms with Gasteiger partial charge in [-0.2, -0.15) is 21.6 Å². The minimum atomic E-state index is -5.79. The molecular formula is C27H27F3N2O5S2. The maximum atomic E-state index is 13.3. The lowest BCUT2D eigenvalue weighted by Crippen LogP contribution is -2.28. The first-order valence-corrected chi connectivity index (χ1v) is 15.0. The Balaban J connectivity index is 1.70. The van der Waals surface area contributed by atoms with Crippen molar-refractivity contribution in [2.24, 2.45) is 0 Å². The van der Waals surface area contributed by atoms with Gasteiger partial charge in [-0.05, 0) is 65.8 Å². The van der Waals surface area contributed by atoms with E-state index in [1.165, 1.54) is 22.3 Å². The first-order valence-electron chi connectivity index (χ1n) is 12.0. The van der Waals surface area contributed by atoms with Gasteiger partial charge in [0.05, 0.1) is 17.5 Å². The van der Waals surface area contributed by atoms with E-state index in [2.05, 4.69) is 9.17 Å². The van der Waals surface area contributed by atoms with Gasteiger partial charge in [0.15, 0.2) is 0 Å². The maximum Gasteiger partial charge on any atom is 0.534 e. The minimum Gasteiger partial charge on any atom is -0.376 e. The summed E-state index contributed by atoms with van der Waals surface area (Å²) in [6.07, 6.45) is 3.43. The van der Waals surface area contributed by atoms with Crippen LogP contribution in [0.25, 0.3) is 10.9 Å². The second-order valence-electron chi connectivity index (χ2n) is 9.67. The second-order valence-corrected chi connectivity index (χ2v) is 13.0. The van der Waals surface area contributed by atoms with Gasteiger partial charge in [0.25, 0.3) is 0 Å². The number of benzene rings is 2. The van der Waals surface area contributed by atoms with E-state index in [4.69, 9.17) is 0 Å². The van der Waals surface area contributed by atoms with Crippen LogP contribution in [0.1, 0.15) is 53.3 Å². The van der Waals surface area contributed by atoms with Crippen molar-refractivity contribution in [3.63, 3.8) is 0 Å². The fraction of sp³-hybridized carbons (Fsp3) is 0.296. The van der Waals surface area contributed by atoms with Gasteiger partial charge in [-0.25, -0.2) is 12.4 Å². The van der Waals surface area contributed by atoms with Gasteiger partial charge in [-0.1, -0.05) is 44.2 Å². The number of pyridine rings is 1. The van der Waals surface area contributed by atoms with Crippen LogP contribution in [0.4, 0.5) is 13.2 Å². The summed E-state index contributed by atoms with van der Waals surface area (Å²) in [5.74, 6) is -0.586. The maximum absolute atomic E-state index is 13.3. The van der Waals surface area contributed by atoms with Crippen molar-refractivity contribution < 1.29 is 34.2 Å². The number of rotatable bonds is 8. The van der Waals surface area contributed by atoms with Gasteiger partial charge >= 0.3 is 15.6 Å². The molecule has 4 aromatic rings. The molecule has 12 heteroatoms. The van der Waals surface area contributed by atoms with Crippen LogP contribution in [0.2, 0.25) is 0 Å². The van der Waals surface area contributed by atoms with E-state index >= 15 is 0 Å². The van der Waals surface area contributed by atoms with Crippen LogP contribution in [-0.4, -0.2) is 31.3 Å². The van der Waals surface area contributed by atoms with Crippen LogP contribution in [0, 0.1) is 13.8 Å². The quantitative estimate of drug-likeness (QED) is 0.188. The molecule has 0 spiro atoms. The molecular weight excluding hydrogens is 553 g/mol. The molecule has 0 saturated carbocycles. The van der Waals surface area contributed by atoms with Gasteiger partial charge in [0.1, 0.15) is 5.75 Å². The van der Waals surface area contributed by atoms with Crippen molar-refractivity contribution in [3.8, 4) is 5.75 Å². The second kappa shape index (κ2) is 10.3. The average molecular weight is 581 g/mol. The number of aromatic nitrogens is 2. The molecule has 2 aromatic heterocycles. The molecule has 7 nitrogen and oxygen atoms in total. The number of aryl methyl sites for hydroxylation is 2. The van der Waals surface area contributed by atoms with Crippen LogP contribution < -0.4 is 4.18 Å². The van der Waals surface area contributed by atoms with Crippen molar-refractivity contribution in [1.29, 1.82) is 0 Å². The first-order chi connectivity index (χ1) is 18.1. The van der Waals surface area contributed by atoms with Crippen molar-refractivity contribution in [1.82, 2.24) is 8.96 Å². The molecule has 0 aliphatic carbocycles. The third kappa shape index (κ3) is 5.96. The first kappa shape index (κ1) is 28.6. The Morgan fingerprint density at radius 3 is 2.15 bits per heavy atom. The van der Waals surface area contributed by atoms with Crippen molar-refractivity contribution in [2.75, 3.05) is 0 Å². The highest BCUT2D eigenvalue weighted by atomic mass is 32.2. The normalized spacial score (nSPS) is 12.8. The smallest absolute Gasteiger partial charge is 0.376 e. The molecule has 0 fully saturated rings. The summed E-state index contributed by atoms with van der Waals surface area (Å²) in [6.45, 7) is 7.20. The van der Waals surface area contributed by atoms with E-state index in [0.717, 1.165) is 16.5 Å². The SMILES string of the molecule is Cc1cc(OS(=O)(=O)C(F)(F)F)cc(C)c1Cc1cc2c(C(C)C)cn(S(=O)(=O)Cc3ccccc3)c2cn1. The molecule has 4 rings (SSSR count). The number of nitrogens with zero attached hydrogens (tertiary/aromatic N) is 2. The summed E-state index contributed by atoms with van der Waals surface area (Å²) in [5, 5.41) is 0.734. The van der Waals surface area contributed by atoms with E-state index in [-0.39, 0.29) is 11.7 Å². The Bertz CT molecular complexity index is 1720. The molecule has 0 amide bonds. The van der Waals surface area contributed by atoms with E-state index in [1.807, 2.05) is 26.0 Å². The summed E-state index contributed by atoms with van der Waals surface area (Å²) >= 11 is 0. The summed E-state index contributed by atoms with van der Waals surface area (Å²) in [4.78, 5) is 4.49.